The molecule has 0 saturated carbocycles. The summed E-state index contributed by atoms with van der Waals surface area (Å²) in [6.07, 6.45) is 6.26. The van der Waals surface area contributed by atoms with Gasteiger partial charge in [0, 0.05) is 31.2 Å². The number of carbonyl (C=O) groups excluding carboxylic acids is 1. The molecular weight excluding hydrogens is 433 g/mol. The molecule has 1 amide bonds. The Hall–Kier alpha value is -2.41. The van der Waals surface area contributed by atoms with Gasteiger partial charge in [0.25, 0.3) is 5.91 Å². The Morgan fingerprint density at radius 2 is 1.71 bits per heavy atom. The molecule has 0 unspecified atom stereocenters. The van der Waals surface area contributed by atoms with Gasteiger partial charge in [-0.05, 0) is 56.1 Å². The Kier molecular flexibility index (Phi) is 9.49. The van der Waals surface area contributed by atoms with Gasteiger partial charge in [-0.2, -0.15) is 5.10 Å². The first-order valence-electron chi connectivity index (χ1n) is 10.2. The van der Waals surface area contributed by atoms with E-state index in [1.807, 2.05) is 29.2 Å². The summed E-state index contributed by atoms with van der Waals surface area (Å²) >= 11 is 0. The number of amides is 1. The van der Waals surface area contributed by atoms with Gasteiger partial charge in [-0.15, -0.1) is 24.8 Å². The third-order valence-electron chi connectivity index (χ3n) is 5.77. The van der Waals surface area contributed by atoms with Crippen molar-refractivity contribution in [2.45, 2.75) is 25.3 Å². The second-order valence-electron chi connectivity index (χ2n) is 7.63. The average Bonchev–Trinajstić information content (AvgIpc) is 3.33. The summed E-state index contributed by atoms with van der Waals surface area (Å²) in [6, 6.07) is 18.7. The smallest absolute Gasteiger partial charge is 0.253 e. The average molecular weight is 462 g/mol. The topological polar surface area (TPSA) is 54.3 Å². The number of nitrogens with zero attached hydrogens (tertiary/aromatic N) is 5. The second-order valence-corrected chi connectivity index (χ2v) is 7.63. The molecule has 31 heavy (non-hydrogen) atoms. The maximum absolute atomic E-state index is 12.9. The summed E-state index contributed by atoms with van der Waals surface area (Å²) < 4.78 is 1.69. The molecule has 1 saturated heterocycles. The fraction of sp³-hybridized carbons (Fsp3) is 0.348. The van der Waals surface area contributed by atoms with Gasteiger partial charge in [-0.3, -0.25) is 4.79 Å². The van der Waals surface area contributed by atoms with E-state index in [1.165, 1.54) is 11.9 Å². The molecule has 0 spiro atoms. The number of halogens is 2. The quantitative estimate of drug-likeness (QED) is 0.558. The van der Waals surface area contributed by atoms with Crippen LogP contribution in [0.4, 0.5) is 0 Å². The van der Waals surface area contributed by atoms with Crippen LogP contribution in [0.3, 0.4) is 0 Å². The van der Waals surface area contributed by atoms with Crippen molar-refractivity contribution in [1.82, 2.24) is 24.6 Å². The molecule has 0 bridgehead atoms. The zero-order valence-electron chi connectivity index (χ0n) is 17.6. The highest BCUT2D eigenvalue weighted by Gasteiger charge is 2.25. The van der Waals surface area contributed by atoms with E-state index >= 15 is 0 Å². The fourth-order valence-corrected chi connectivity index (χ4v) is 3.92. The highest BCUT2D eigenvalue weighted by Crippen LogP contribution is 2.19. The zero-order chi connectivity index (χ0) is 20.1. The van der Waals surface area contributed by atoms with E-state index in [4.69, 9.17) is 0 Å². The molecule has 0 aliphatic carbocycles. The number of hydrogen-bond acceptors (Lipinski definition) is 4. The molecule has 2 aromatic carbocycles. The van der Waals surface area contributed by atoms with Gasteiger partial charge in [-0.25, -0.2) is 9.67 Å². The van der Waals surface area contributed by atoms with Gasteiger partial charge in [0.05, 0.1) is 5.69 Å². The van der Waals surface area contributed by atoms with Crippen LogP contribution in [-0.2, 0) is 6.42 Å². The van der Waals surface area contributed by atoms with Gasteiger partial charge >= 0.3 is 0 Å². The lowest BCUT2D eigenvalue weighted by atomic mass is 10.0. The normalized spacial score (nSPS) is 14.1. The van der Waals surface area contributed by atoms with Crippen LogP contribution in [0.25, 0.3) is 5.69 Å². The SMILES string of the molecule is CN(CCc1ccccc1)C1CCN(C(=O)c2ccc(-n3cncn3)cc2)CC1.Cl.Cl. The molecule has 166 valence electrons. The first-order chi connectivity index (χ1) is 14.2. The minimum atomic E-state index is 0. The Morgan fingerprint density at radius 3 is 2.32 bits per heavy atom. The van der Waals surface area contributed by atoms with Crippen LogP contribution >= 0.6 is 24.8 Å². The minimum Gasteiger partial charge on any atom is -0.339 e. The highest BCUT2D eigenvalue weighted by atomic mass is 35.5. The second kappa shape index (κ2) is 11.8. The van der Waals surface area contributed by atoms with Crippen molar-refractivity contribution < 1.29 is 4.79 Å². The van der Waals surface area contributed by atoms with E-state index < -0.39 is 0 Å². The van der Waals surface area contributed by atoms with Gasteiger partial charge in [-0.1, -0.05) is 30.3 Å². The van der Waals surface area contributed by atoms with Crippen molar-refractivity contribution in [1.29, 1.82) is 0 Å². The monoisotopic (exact) mass is 461 g/mol. The molecule has 2 heterocycles. The molecule has 3 aromatic rings. The van der Waals surface area contributed by atoms with Gasteiger partial charge in [0.15, 0.2) is 0 Å². The number of rotatable bonds is 6. The molecule has 4 rings (SSSR count). The van der Waals surface area contributed by atoms with Gasteiger partial charge in [0.2, 0.25) is 0 Å². The highest BCUT2D eigenvalue weighted by molar-refractivity contribution is 5.94. The Morgan fingerprint density at radius 1 is 1.03 bits per heavy atom. The van der Waals surface area contributed by atoms with Crippen molar-refractivity contribution in [2.24, 2.45) is 0 Å². The van der Waals surface area contributed by atoms with E-state index in [0.717, 1.165) is 50.1 Å². The largest absolute Gasteiger partial charge is 0.339 e. The van der Waals surface area contributed by atoms with Crippen molar-refractivity contribution >= 4 is 30.7 Å². The lowest BCUT2D eigenvalue weighted by Gasteiger charge is -2.37. The lowest BCUT2D eigenvalue weighted by molar-refractivity contribution is 0.0647. The van der Waals surface area contributed by atoms with E-state index in [0.29, 0.717) is 6.04 Å². The standard InChI is InChI=1S/C23H27N5O.2ClH/c1-26(14-11-19-5-3-2-4-6-19)21-12-15-27(16-13-21)23(29)20-7-9-22(10-8-20)28-18-24-17-25-28;;/h2-10,17-18,21H,11-16H2,1H3;2*1H. The van der Waals surface area contributed by atoms with Crippen LogP contribution in [0, 0.1) is 0 Å². The number of piperidine rings is 1. The van der Waals surface area contributed by atoms with E-state index in [-0.39, 0.29) is 30.7 Å². The summed E-state index contributed by atoms with van der Waals surface area (Å²) in [5, 5.41) is 4.12. The first-order valence-corrected chi connectivity index (χ1v) is 10.2. The number of aromatic nitrogens is 3. The van der Waals surface area contributed by atoms with Crippen LogP contribution in [0.1, 0.15) is 28.8 Å². The summed E-state index contributed by atoms with van der Waals surface area (Å²) in [4.78, 5) is 21.2. The Balaban J connectivity index is 0.00000171. The van der Waals surface area contributed by atoms with Gasteiger partial charge in [0.1, 0.15) is 12.7 Å². The molecule has 1 fully saturated rings. The van der Waals surface area contributed by atoms with Crippen molar-refractivity contribution in [3.05, 3.63) is 78.4 Å². The number of hydrogen-bond donors (Lipinski definition) is 0. The maximum atomic E-state index is 12.9. The van der Waals surface area contributed by atoms with Crippen molar-refractivity contribution in [2.75, 3.05) is 26.7 Å². The molecule has 6 nitrogen and oxygen atoms in total. The van der Waals surface area contributed by atoms with Gasteiger partial charge < -0.3 is 9.80 Å². The van der Waals surface area contributed by atoms with E-state index in [2.05, 4.69) is 52.4 Å². The molecule has 8 heteroatoms. The van der Waals surface area contributed by atoms with Crippen LogP contribution in [-0.4, -0.2) is 63.2 Å². The fourth-order valence-electron chi connectivity index (χ4n) is 3.92. The molecule has 0 atom stereocenters. The van der Waals surface area contributed by atoms with E-state index in [9.17, 15) is 4.79 Å². The number of likely N-dealkylation sites (N-methyl/N-ethyl adjacent to an activating group) is 1. The molecule has 1 aromatic heterocycles. The molecule has 0 N–H and O–H groups in total. The summed E-state index contributed by atoms with van der Waals surface area (Å²) in [5.74, 6) is 0.112. The van der Waals surface area contributed by atoms with Crippen LogP contribution < -0.4 is 0 Å². The number of likely N-dealkylation sites (tertiary alicyclic amines) is 1. The van der Waals surface area contributed by atoms with Crippen LogP contribution in [0.5, 0.6) is 0 Å². The van der Waals surface area contributed by atoms with Crippen molar-refractivity contribution in [3.8, 4) is 5.69 Å². The summed E-state index contributed by atoms with van der Waals surface area (Å²) in [7, 11) is 2.20. The first kappa shape index (κ1) is 24.9. The minimum absolute atomic E-state index is 0. The lowest BCUT2D eigenvalue weighted by Crippen LogP contribution is -2.46. The van der Waals surface area contributed by atoms with Crippen molar-refractivity contribution in [3.63, 3.8) is 0 Å². The Labute approximate surface area is 196 Å². The predicted molar refractivity (Wildman–Crippen MR) is 128 cm³/mol. The summed E-state index contributed by atoms with van der Waals surface area (Å²) in [5.41, 5.74) is 3.00. The Bertz CT molecular complexity index is 911. The molecular formula is C23H29Cl2N5O. The molecule has 1 aliphatic heterocycles. The third kappa shape index (κ3) is 6.29. The predicted octanol–water partition coefficient (Wildman–Crippen LogP) is 3.89. The van der Waals surface area contributed by atoms with Crippen LogP contribution in [0.2, 0.25) is 0 Å². The van der Waals surface area contributed by atoms with E-state index in [1.54, 1.807) is 11.0 Å². The molecule has 0 radical (unpaired) electrons. The zero-order valence-corrected chi connectivity index (χ0v) is 19.3. The van der Waals surface area contributed by atoms with Crippen LogP contribution in [0.15, 0.2) is 67.3 Å². The number of benzene rings is 2. The number of carbonyl (C=O) groups is 1. The third-order valence-corrected chi connectivity index (χ3v) is 5.77. The molecule has 1 aliphatic rings. The summed E-state index contributed by atoms with van der Waals surface area (Å²) in [6.45, 7) is 2.67. The maximum Gasteiger partial charge on any atom is 0.253 e.